The van der Waals surface area contributed by atoms with Gasteiger partial charge in [-0.05, 0) is 24.8 Å². The van der Waals surface area contributed by atoms with Gasteiger partial charge in [0.05, 0.1) is 18.0 Å². The van der Waals surface area contributed by atoms with E-state index in [1.165, 1.54) is 4.90 Å². The molecule has 2 amide bonds. The van der Waals surface area contributed by atoms with Crippen LogP contribution in [-0.4, -0.2) is 46.6 Å². The van der Waals surface area contributed by atoms with E-state index in [0.717, 1.165) is 5.56 Å². The lowest BCUT2D eigenvalue weighted by molar-refractivity contribution is -0.145. The SMILES string of the molecule is O=C1CN(C(=O)OCc2ccccc2)C2CCC(C(=O)O)CC2N1. The van der Waals surface area contributed by atoms with Gasteiger partial charge in [0.25, 0.3) is 0 Å². The average molecular weight is 332 g/mol. The fourth-order valence-electron chi connectivity index (χ4n) is 3.43. The van der Waals surface area contributed by atoms with Gasteiger partial charge in [-0.1, -0.05) is 30.3 Å². The number of hydrogen-bond acceptors (Lipinski definition) is 4. The van der Waals surface area contributed by atoms with Crippen molar-refractivity contribution in [2.75, 3.05) is 6.54 Å². The lowest BCUT2D eigenvalue weighted by Crippen LogP contribution is -2.64. The van der Waals surface area contributed by atoms with Crippen LogP contribution in [0, 0.1) is 5.92 Å². The number of benzene rings is 1. The summed E-state index contributed by atoms with van der Waals surface area (Å²) in [4.78, 5) is 36.9. The molecule has 0 radical (unpaired) electrons. The number of carbonyl (C=O) groups excluding carboxylic acids is 2. The van der Waals surface area contributed by atoms with Crippen molar-refractivity contribution in [2.45, 2.75) is 38.0 Å². The van der Waals surface area contributed by atoms with Gasteiger partial charge < -0.3 is 15.2 Å². The highest BCUT2D eigenvalue weighted by Crippen LogP contribution is 2.30. The van der Waals surface area contributed by atoms with Crippen LogP contribution in [0.3, 0.4) is 0 Å². The van der Waals surface area contributed by atoms with E-state index >= 15 is 0 Å². The van der Waals surface area contributed by atoms with Gasteiger partial charge in [-0.2, -0.15) is 0 Å². The summed E-state index contributed by atoms with van der Waals surface area (Å²) in [5, 5.41) is 12.0. The van der Waals surface area contributed by atoms with Crippen molar-refractivity contribution in [1.29, 1.82) is 0 Å². The Bertz CT molecular complexity index is 633. The quantitative estimate of drug-likeness (QED) is 0.872. The molecular weight excluding hydrogens is 312 g/mol. The maximum absolute atomic E-state index is 12.4. The third-order valence-corrected chi connectivity index (χ3v) is 4.66. The highest BCUT2D eigenvalue weighted by Gasteiger charge is 2.43. The molecule has 1 aliphatic carbocycles. The Labute approximate surface area is 139 Å². The van der Waals surface area contributed by atoms with Gasteiger partial charge in [0.15, 0.2) is 0 Å². The van der Waals surface area contributed by atoms with Gasteiger partial charge in [-0.3, -0.25) is 14.5 Å². The molecule has 2 aliphatic rings. The summed E-state index contributed by atoms with van der Waals surface area (Å²) in [6.07, 6.45) is 0.850. The molecule has 3 rings (SSSR count). The van der Waals surface area contributed by atoms with Gasteiger partial charge in [-0.25, -0.2) is 4.79 Å². The van der Waals surface area contributed by atoms with Gasteiger partial charge in [0.2, 0.25) is 5.91 Å². The first-order chi connectivity index (χ1) is 11.5. The number of fused-ring (bicyclic) bond motifs is 1. The van der Waals surface area contributed by atoms with Crippen LogP contribution in [0.5, 0.6) is 0 Å². The first-order valence-corrected chi connectivity index (χ1v) is 8.04. The summed E-state index contributed by atoms with van der Waals surface area (Å²) < 4.78 is 5.33. The Morgan fingerprint density at radius 3 is 2.71 bits per heavy atom. The van der Waals surface area contributed by atoms with Crippen molar-refractivity contribution in [1.82, 2.24) is 10.2 Å². The Hall–Kier alpha value is -2.57. The highest BCUT2D eigenvalue weighted by molar-refractivity contribution is 5.84. The lowest BCUT2D eigenvalue weighted by Gasteiger charge is -2.44. The first kappa shape index (κ1) is 16.3. The number of aliphatic carboxylic acids is 1. The lowest BCUT2D eigenvalue weighted by atomic mass is 9.80. The van der Waals surface area contributed by atoms with Crippen molar-refractivity contribution < 1.29 is 24.2 Å². The minimum Gasteiger partial charge on any atom is -0.481 e. The van der Waals surface area contributed by atoms with Crippen LogP contribution in [0.25, 0.3) is 0 Å². The van der Waals surface area contributed by atoms with E-state index in [0.29, 0.717) is 19.3 Å². The van der Waals surface area contributed by atoms with Gasteiger partial charge >= 0.3 is 12.1 Å². The maximum atomic E-state index is 12.4. The molecule has 1 heterocycles. The monoisotopic (exact) mass is 332 g/mol. The topological polar surface area (TPSA) is 95.9 Å². The van der Waals surface area contributed by atoms with Crippen LogP contribution in [0.15, 0.2) is 30.3 Å². The molecule has 7 heteroatoms. The summed E-state index contributed by atoms with van der Waals surface area (Å²) in [6.45, 7) is 0.0967. The zero-order valence-electron chi connectivity index (χ0n) is 13.2. The summed E-state index contributed by atoms with van der Waals surface area (Å²) in [5.74, 6) is -1.61. The van der Waals surface area contributed by atoms with E-state index in [1.54, 1.807) is 0 Å². The molecule has 1 aliphatic heterocycles. The van der Waals surface area contributed by atoms with E-state index in [4.69, 9.17) is 9.84 Å². The largest absolute Gasteiger partial charge is 0.481 e. The number of carboxylic acid groups (broad SMARTS) is 1. The number of rotatable bonds is 3. The first-order valence-electron chi connectivity index (χ1n) is 8.04. The van der Waals surface area contributed by atoms with Crippen LogP contribution in [0.1, 0.15) is 24.8 Å². The fourth-order valence-corrected chi connectivity index (χ4v) is 3.43. The molecule has 1 aromatic carbocycles. The van der Waals surface area contributed by atoms with Gasteiger partial charge in [0.1, 0.15) is 13.2 Å². The minimum atomic E-state index is -0.855. The molecule has 0 spiro atoms. The Balaban J connectivity index is 1.64. The van der Waals surface area contributed by atoms with Crippen LogP contribution in [-0.2, 0) is 20.9 Å². The van der Waals surface area contributed by atoms with Crippen LogP contribution in [0.2, 0.25) is 0 Å². The number of carbonyl (C=O) groups is 3. The van der Waals surface area contributed by atoms with Gasteiger partial charge in [0, 0.05) is 0 Å². The Kier molecular flexibility index (Phi) is 4.69. The average Bonchev–Trinajstić information content (AvgIpc) is 2.59. The number of nitrogens with one attached hydrogen (secondary N) is 1. The zero-order valence-corrected chi connectivity index (χ0v) is 13.2. The highest BCUT2D eigenvalue weighted by atomic mass is 16.6. The molecular formula is C17H20N2O5. The molecule has 0 aromatic heterocycles. The number of hydrogen-bond donors (Lipinski definition) is 2. The predicted octanol–water partition coefficient (Wildman–Crippen LogP) is 1.38. The molecule has 128 valence electrons. The van der Waals surface area contributed by atoms with Crippen molar-refractivity contribution in [3.05, 3.63) is 35.9 Å². The fraction of sp³-hybridized carbons (Fsp3) is 0.471. The Morgan fingerprint density at radius 1 is 1.25 bits per heavy atom. The van der Waals surface area contributed by atoms with E-state index in [2.05, 4.69) is 5.32 Å². The molecule has 7 nitrogen and oxygen atoms in total. The third kappa shape index (κ3) is 3.50. The molecule has 3 atom stereocenters. The Morgan fingerprint density at radius 2 is 2.00 bits per heavy atom. The number of amides is 2. The van der Waals surface area contributed by atoms with Crippen molar-refractivity contribution in [3.8, 4) is 0 Å². The predicted molar refractivity (Wildman–Crippen MR) is 84.0 cm³/mol. The summed E-state index contributed by atoms with van der Waals surface area (Å²) >= 11 is 0. The molecule has 0 bridgehead atoms. The summed E-state index contributed by atoms with van der Waals surface area (Å²) in [5.41, 5.74) is 0.874. The number of ether oxygens (including phenoxy) is 1. The second-order valence-electron chi connectivity index (χ2n) is 6.26. The van der Waals surface area contributed by atoms with Crippen molar-refractivity contribution in [3.63, 3.8) is 0 Å². The van der Waals surface area contributed by atoms with E-state index in [9.17, 15) is 14.4 Å². The number of piperazine rings is 1. The summed E-state index contributed by atoms with van der Waals surface area (Å²) in [7, 11) is 0. The third-order valence-electron chi connectivity index (χ3n) is 4.66. The maximum Gasteiger partial charge on any atom is 0.410 e. The van der Waals surface area contributed by atoms with Crippen LogP contribution in [0.4, 0.5) is 4.79 Å². The van der Waals surface area contributed by atoms with Crippen LogP contribution < -0.4 is 5.32 Å². The van der Waals surface area contributed by atoms with Crippen molar-refractivity contribution in [2.24, 2.45) is 5.92 Å². The normalized spacial score (nSPS) is 26.2. The van der Waals surface area contributed by atoms with Gasteiger partial charge in [-0.15, -0.1) is 0 Å². The van der Waals surface area contributed by atoms with E-state index in [-0.39, 0.29) is 31.1 Å². The molecule has 1 saturated heterocycles. The summed E-state index contributed by atoms with van der Waals surface area (Å²) in [6, 6.07) is 8.79. The van der Waals surface area contributed by atoms with E-state index in [1.807, 2.05) is 30.3 Å². The molecule has 24 heavy (non-hydrogen) atoms. The standard InChI is InChI=1S/C17H20N2O5/c20-15-9-19(17(23)24-10-11-4-2-1-3-5-11)14-7-6-12(16(21)22)8-13(14)18-15/h1-5,12-14H,6-10H2,(H,18,20)(H,21,22). The molecule has 1 saturated carbocycles. The minimum absolute atomic E-state index is 0.0491. The smallest absolute Gasteiger partial charge is 0.410 e. The molecule has 3 unspecified atom stereocenters. The second-order valence-corrected chi connectivity index (χ2v) is 6.26. The number of carboxylic acids is 1. The van der Waals surface area contributed by atoms with Crippen LogP contribution >= 0.6 is 0 Å². The second kappa shape index (κ2) is 6.90. The number of nitrogens with zero attached hydrogens (tertiary/aromatic N) is 1. The van der Waals surface area contributed by atoms with E-state index < -0.39 is 18.0 Å². The molecule has 2 fully saturated rings. The molecule has 2 N–H and O–H groups in total. The zero-order chi connectivity index (χ0) is 17.1. The molecule has 1 aromatic rings. The van der Waals surface area contributed by atoms with Crippen molar-refractivity contribution >= 4 is 18.0 Å².